The topological polar surface area (TPSA) is 42.7 Å². The van der Waals surface area contributed by atoms with Crippen LogP contribution in [0, 0.1) is 6.92 Å². The standard InChI is InChI=1S/C16H23BrN4/c1-4-8-18-15(14-12(3)7-6-9-19-14)16-13(17)11-20-21(16)10-5-2/h6-7,9,11,15,18H,4-5,8,10H2,1-3H3. The van der Waals surface area contributed by atoms with Crippen molar-refractivity contribution in [2.24, 2.45) is 0 Å². The van der Waals surface area contributed by atoms with Crippen LogP contribution in [0.2, 0.25) is 0 Å². The Balaban J connectivity index is 2.45. The highest BCUT2D eigenvalue weighted by atomic mass is 79.9. The molecular weight excluding hydrogens is 328 g/mol. The van der Waals surface area contributed by atoms with E-state index in [-0.39, 0.29) is 6.04 Å². The first kappa shape index (κ1) is 16.2. The normalized spacial score (nSPS) is 12.6. The highest BCUT2D eigenvalue weighted by Gasteiger charge is 2.23. The van der Waals surface area contributed by atoms with E-state index in [4.69, 9.17) is 0 Å². The van der Waals surface area contributed by atoms with Gasteiger partial charge in [-0.1, -0.05) is 19.9 Å². The summed E-state index contributed by atoms with van der Waals surface area (Å²) in [6, 6.07) is 4.15. The van der Waals surface area contributed by atoms with Crippen LogP contribution in [0.5, 0.6) is 0 Å². The van der Waals surface area contributed by atoms with Crippen LogP contribution in [0.25, 0.3) is 0 Å². The average Bonchev–Trinajstić information content (AvgIpc) is 2.83. The fourth-order valence-corrected chi connectivity index (χ4v) is 2.99. The van der Waals surface area contributed by atoms with Crippen LogP contribution in [0.4, 0.5) is 0 Å². The molecule has 1 unspecified atom stereocenters. The second-order valence-electron chi connectivity index (χ2n) is 5.19. The van der Waals surface area contributed by atoms with Gasteiger partial charge in [-0.05, 0) is 53.9 Å². The Labute approximate surface area is 135 Å². The fraction of sp³-hybridized carbons (Fsp3) is 0.500. The van der Waals surface area contributed by atoms with E-state index < -0.39 is 0 Å². The lowest BCUT2D eigenvalue weighted by molar-refractivity contribution is 0.503. The lowest BCUT2D eigenvalue weighted by atomic mass is 10.0. The summed E-state index contributed by atoms with van der Waals surface area (Å²) in [7, 11) is 0. The van der Waals surface area contributed by atoms with Gasteiger partial charge >= 0.3 is 0 Å². The molecule has 1 atom stereocenters. The van der Waals surface area contributed by atoms with Gasteiger partial charge in [0, 0.05) is 12.7 Å². The third kappa shape index (κ3) is 3.71. The number of nitrogens with one attached hydrogen (secondary N) is 1. The van der Waals surface area contributed by atoms with Crippen molar-refractivity contribution in [3.8, 4) is 0 Å². The zero-order valence-electron chi connectivity index (χ0n) is 12.9. The molecule has 0 bridgehead atoms. The molecule has 2 aromatic heterocycles. The molecule has 2 rings (SSSR count). The maximum atomic E-state index is 4.61. The Morgan fingerprint density at radius 1 is 1.33 bits per heavy atom. The minimum absolute atomic E-state index is 0.0644. The summed E-state index contributed by atoms with van der Waals surface area (Å²) in [5.41, 5.74) is 3.43. The van der Waals surface area contributed by atoms with Crippen molar-refractivity contribution in [1.29, 1.82) is 0 Å². The van der Waals surface area contributed by atoms with Gasteiger partial charge in [0.15, 0.2) is 0 Å². The van der Waals surface area contributed by atoms with Crippen molar-refractivity contribution >= 4 is 15.9 Å². The second-order valence-corrected chi connectivity index (χ2v) is 6.05. The van der Waals surface area contributed by atoms with Crippen molar-refractivity contribution in [2.45, 2.75) is 46.2 Å². The summed E-state index contributed by atoms with van der Waals surface area (Å²) in [5.74, 6) is 0. The summed E-state index contributed by atoms with van der Waals surface area (Å²) in [6.07, 6.45) is 5.88. The summed E-state index contributed by atoms with van der Waals surface area (Å²) < 4.78 is 3.11. The largest absolute Gasteiger partial charge is 0.304 e. The molecule has 0 radical (unpaired) electrons. The van der Waals surface area contributed by atoms with E-state index in [0.29, 0.717) is 0 Å². The van der Waals surface area contributed by atoms with Gasteiger partial charge in [0.1, 0.15) is 0 Å². The highest BCUT2D eigenvalue weighted by molar-refractivity contribution is 9.10. The quantitative estimate of drug-likeness (QED) is 0.824. The van der Waals surface area contributed by atoms with E-state index in [2.05, 4.69) is 62.8 Å². The Morgan fingerprint density at radius 3 is 2.81 bits per heavy atom. The molecule has 0 aliphatic carbocycles. The second kappa shape index (κ2) is 7.71. The van der Waals surface area contributed by atoms with Crippen LogP contribution in [-0.2, 0) is 6.54 Å². The zero-order valence-corrected chi connectivity index (χ0v) is 14.5. The average molecular weight is 351 g/mol. The van der Waals surface area contributed by atoms with Gasteiger partial charge < -0.3 is 5.32 Å². The molecule has 0 aliphatic heterocycles. The Morgan fingerprint density at radius 2 is 2.14 bits per heavy atom. The van der Waals surface area contributed by atoms with E-state index in [1.807, 2.05) is 18.5 Å². The molecule has 5 heteroatoms. The first-order valence-corrected chi connectivity index (χ1v) is 8.34. The van der Waals surface area contributed by atoms with Gasteiger partial charge in [-0.2, -0.15) is 5.10 Å². The van der Waals surface area contributed by atoms with Crippen LogP contribution >= 0.6 is 15.9 Å². The molecule has 0 amide bonds. The van der Waals surface area contributed by atoms with Crippen molar-refractivity contribution in [3.05, 3.63) is 46.0 Å². The minimum Gasteiger partial charge on any atom is -0.304 e. The van der Waals surface area contributed by atoms with Crippen LogP contribution in [-0.4, -0.2) is 21.3 Å². The van der Waals surface area contributed by atoms with Gasteiger partial charge in [0.25, 0.3) is 0 Å². The molecule has 0 aliphatic rings. The molecule has 4 nitrogen and oxygen atoms in total. The molecule has 2 heterocycles. The molecule has 1 N–H and O–H groups in total. The molecular formula is C16H23BrN4. The lowest BCUT2D eigenvalue weighted by Crippen LogP contribution is -2.27. The van der Waals surface area contributed by atoms with E-state index in [1.165, 1.54) is 5.56 Å². The third-order valence-electron chi connectivity index (χ3n) is 3.46. The van der Waals surface area contributed by atoms with Crippen LogP contribution in [0.15, 0.2) is 29.0 Å². The van der Waals surface area contributed by atoms with Crippen molar-refractivity contribution < 1.29 is 0 Å². The van der Waals surface area contributed by atoms with Crippen LogP contribution < -0.4 is 5.32 Å². The number of hydrogen-bond acceptors (Lipinski definition) is 3. The van der Waals surface area contributed by atoms with Crippen LogP contribution in [0.3, 0.4) is 0 Å². The van der Waals surface area contributed by atoms with Gasteiger partial charge in [-0.25, -0.2) is 0 Å². The smallest absolute Gasteiger partial charge is 0.0936 e. The van der Waals surface area contributed by atoms with Gasteiger partial charge in [0.2, 0.25) is 0 Å². The summed E-state index contributed by atoms with van der Waals surface area (Å²) in [4.78, 5) is 4.61. The molecule has 2 aromatic rings. The number of nitrogens with zero attached hydrogens (tertiary/aromatic N) is 3. The monoisotopic (exact) mass is 350 g/mol. The highest BCUT2D eigenvalue weighted by Crippen LogP contribution is 2.29. The SMILES string of the molecule is CCCNC(c1ncccc1C)c1c(Br)cnn1CCC. The summed E-state index contributed by atoms with van der Waals surface area (Å²) in [5, 5.41) is 8.11. The number of rotatable bonds is 7. The third-order valence-corrected chi connectivity index (χ3v) is 4.07. The van der Waals surface area contributed by atoms with E-state index in [9.17, 15) is 0 Å². The summed E-state index contributed by atoms with van der Waals surface area (Å²) >= 11 is 3.65. The fourth-order valence-electron chi connectivity index (χ4n) is 2.46. The maximum absolute atomic E-state index is 4.61. The van der Waals surface area contributed by atoms with E-state index >= 15 is 0 Å². The predicted octanol–water partition coefficient (Wildman–Crippen LogP) is 3.85. The van der Waals surface area contributed by atoms with Gasteiger partial charge in [-0.3, -0.25) is 9.67 Å². The number of aromatic nitrogens is 3. The molecule has 0 fully saturated rings. The van der Waals surface area contributed by atoms with Gasteiger partial charge in [-0.15, -0.1) is 0 Å². The zero-order chi connectivity index (χ0) is 15.2. The van der Waals surface area contributed by atoms with Crippen molar-refractivity contribution in [2.75, 3.05) is 6.54 Å². The molecule has 0 saturated heterocycles. The van der Waals surface area contributed by atoms with E-state index in [0.717, 1.165) is 41.8 Å². The molecule has 0 aromatic carbocycles. The molecule has 21 heavy (non-hydrogen) atoms. The molecule has 0 spiro atoms. The Kier molecular flexibility index (Phi) is 5.94. The van der Waals surface area contributed by atoms with Crippen molar-refractivity contribution in [1.82, 2.24) is 20.1 Å². The summed E-state index contributed by atoms with van der Waals surface area (Å²) in [6.45, 7) is 8.31. The predicted molar refractivity (Wildman–Crippen MR) is 89.3 cm³/mol. The molecule has 0 saturated carbocycles. The van der Waals surface area contributed by atoms with E-state index in [1.54, 1.807) is 0 Å². The number of halogens is 1. The number of pyridine rings is 1. The number of hydrogen-bond donors (Lipinski definition) is 1. The Bertz CT molecular complexity index is 579. The van der Waals surface area contributed by atoms with Gasteiger partial charge in [0.05, 0.1) is 28.1 Å². The Hall–Kier alpha value is -1.20. The van der Waals surface area contributed by atoms with Crippen LogP contribution in [0.1, 0.15) is 49.7 Å². The lowest BCUT2D eigenvalue weighted by Gasteiger charge is -2.21. The molecule has 114 valence electrons. The first-order valence-electron chi connectivity index (χ1n) is 7.55. The van der Waals surface area contributed by atoms with Crippen molar-refractivity contribution in [3.63, 3.8) is 0 Å². The minimum atomic E-state index is 0.0644. The number of aryl methyl sites for hydroxylation is 2. The first-order chi connectivity index (χ1) is 10.2. The maximum Gasteiger partial charge on any atom is 0.0936 e.